The third kappa shape index (κ3) is 2.80. The molecule has 0 saturated carbocycles. The van der Waals surface area contributed by atoms with E-state index in [1.54, 1.807) is 0 Å². The second kappa shape index (κ2) is 5.20. The van der Waals surface area contributed by atoms with Crippen molar-refractivity contribution in [3.05, 3.63) is 64.2 Å². The summed E-state index contributed by atoms with van der Waals surface area (Å²) in [6, 6.07) is 3.54. The maximum atomic E-state index is 12.9. The monoisotopic (exact) mass is 303 g/mol. The Bertz CT molecular complexity index is 670. The summed E-state index contributed by atoms with van der Waals surface area (Å²) in [6.07, 6.45) is -2.95. The largest absolute Gasteiger partial charge is 0.417 e. The van der Waals surface area contributed by atoms with E-state index in [1.807, 2.05) is 0 Å². The van der Waals surface area contributed by atoms with Crippen LogP contribution in [-0.2, 0) is 6.18 Å². The number of aromatic nitrogens is 1. The van der Waals surface area contributed by atoms with E-state index in [-0.39, 0.29) is 10.6 Å². The van der Waals surface area contributed by atoms with Crippen molar-refractivity contribution >= 4 is 17.4 Å². The Hall–Kier alpha value is -1.95. The summed E-state index contributed by atoms with van der Waals surface area (Å²) in [7, 11) is 0. The van der Waals surface area contributed by atoms with Crippen LogP contribution >= 0.6 is 11.6 Å². The van der Waals surface area contributed by atoms with Crippen LogP contribution in [0.1, 0.15) is 21.5 Å². The molecule has 2 rings (SSSR count). The van der Waals surface area contributed by atoms with Crippen LogP contribution in [0.25, 0.3) is 0 Å². The van der Waals surface area contributed by atoms with Crippen LogP contribution in [0, 0.1) is 5.82 Å². The lowest BCUT2D eigenvalue weighted by atomic mass is 10.00. The number of nitrogens with zero attached hydrogens (tertiary/aromatic N) is 1. The lowest BCUT2D eigenvalue weighted by Gasteiger charge is -2.11. The van der Waals surface area contributed by atoms with Crippen LogP contribution in [0.5, 0.6) is 0 Å². The first kappa shape index (κ1) is 14.5. The fraction of sp³-hybridized carbons (Fsp3) is 0.0769. The van der Waals surface area contributed by atoms with Gasteiger partial charge >= 0.3 is 6.18 Å². The van der Waals surface area contributed by atoms with Crippen molar-refractivity contribution in [3.63, 3.8) is 0 Å². The summed E-state index contributed by atoms with van der Waals surface area (Å²) in [6.45, 7) is 0. The third-order valence-electron chi connectivity index (χ3n) is 2.55. The lowest BCUT2D eigenvalue weighted by Crippen LogP contribution is -2.14. The van der Waals surface area contributed by atoms with E-state index in [2.05, 4.69) is 4.98 Å². The molecule has 2 nitrogen and oxygen atoms in total. The Labute approximate surface area is 116 Å². The van der Waals surface area contributed by atoms with E-state index < -0.39 is 28.9 Å². The van der Waals surface area contributed by atoms with Crippen molar-refractivity contribution < 1.29 is 22.4 Å². The predicted octanol–water partition coefficient (Wildman–Crippen LogP) is 4.12. The predicted molar refractivity (Wildman–Crippen MR) is 64.1 cm³/mol. The summed E-state index contributed by atoms with van der Waals surface area (Å²) in [5.74, 6) is -1.65. The van der Waals surface area contributed by atoms with Gasteiger partial charge in [-0.25, -0.2) is 4.39 Å². The number of benzene rings is 1. The summed E-state index contributed by atoms with van der Waals surface area (Å²) in [4.78, 5) is 15.6. The Morgan fingerprint density at radius 1 is 1.15 bits per heavy atom. The van der Waals surface area contributed by atoms with E-state index in [9.17, 15) is 22.4 Å². The van der Waals surface area contributed by atoms with Gasteiger partial charge in [0.2, 0.25) is 0 Å². The van der Waals surface area contributed by atoms with Crippen molar-refractivity contribution in [2.75, 3.05) is 0 Å². The van der Waals surface area contributed by atoms with Crippen LogP contribution in [-0.4, -0.2) is 10.8 Å². The zero-order valence-corrected chi connectivity index (χ0v) is 10.5. The Balaban J connectivity index is 2.55. The van der Waals surface area contributed by atoms with Crippen molar-refractivity contribution in [1.29, 1.82) is 0 Å². The van der Waals surface area contributed by atoms with Gasteiger partial charge in [0.1, 0.15) is 5.82 Å². The van der Waals surface area contributed by atoms with Gasteiger partial charge in [0, 0.05) is 18.0 Å². The van der Waals surface area contributed by atoms with Gasteiger partial charge in [-0.2, -0.15) is 13.2 Å². The van der Waals surface area contributed by atoms with Crippen molar-refractivity contribution in [2.45, 2.75) is 6.18 Å². The fourth-order valence-corrected chi connectivity index (χ4v) is 1.89. The highest BCUT2D eigenvalue weighted by Crippen LogP contribution is 2.33. The number of carbonyl (C=O) groups is 1. The molecule has 1 heterocycles. The standard InChI is InChI=1S/C13H6ClF4NO/c14-11-5-7(15)1-2-8(11)12(20)9-6-19-4-3-10(9)13(16,17)18/h1-6H. The number of rotatable bonds is 2. The first-order chi connectivity index (χ1) is 9.30. The van der Waals surface area contributed by atoms with Gasteiger partial charge in [-0.3, -0.25) is 9.78 Å². The van der Waals surface area contributed by atoms with Crippen molar-refractivity contribution in [2.24, 2.45) is 0 Å². The molecule has 7 heteroatoms. The van der Waals surface area contributed by atoms with E-state index in [0.717, 1.165) is 30.6 Å². The van der Waals surface area contributed by atoms with Crippen LogP contribution in [0.2, 0.25) is 5.02 Å². The molecule has 0 aliphatic rings. The minimum atomic E-state index is -4.69. The summed E-state index contributed by atoms with van der Waals surface area (Å²) in [5, 5.41) is -0.257. The molecule has 0 N–H and O–H groups in total. The van der Waals surface area contributed by atoms with Gasteiger partial charge in [-0.1, -0.05) is 11.6 Å². The van der Waals surface area contributed by atoms with Crippen molar-refractivity contribution in [1.82, 2.24) is 4.98 Å². The molecular weight excluding hydrogens is 298 g/mol. The quantitative estimate of drug-likeness (QED) is 0.617. The maximum absolute atomic E-state index is 12.9. The molecular formula is C13H6ClF4NO. The second-order valence-electron chi connectivity index (χ2n) is 3.87. The number of halogens is 5. The van der Waals surface area contributed by atoms with Gasteiger partial charge in [-0.15, -0.1) is 0 Å². The number of hydrogen-bond donors (Lipinski definition) is 0. The van der Waals surface area contributed by atoms with E-state index in [1.165, 1.54) is 0 Å². The van der Waals surface area contributed by atoms with Gasteiger partial charge in [0.25, 0.3) is 0 Å². The number of alkyl halides is 3. The number of carbonyl (C=O) groups excluding carboxylic acids is 1. The molecule has 0 aliphatic carbocycles. The molecule has 0 bridgehead atoms. The van der Waals surface area contributed by atoms with Crippen LogP contribution in [0.4, 0.5) is 17.6 Å². The third-order valence-corrected chi connectivity index (χ3v) is 2.86. The number of hydrogen-bond acceptors (Lipinski definition) is 2. The highest BCUT2D eigenvalue weighted by molar-refractivity contribution is 6.35. The van der Waals surface area contributed by atoms with E-state index in [4.69, 9.17) is 11.6 Å². The van der Waals surface area contributed by atoms with Gasteiger partial charge in [-0.05, 0) is 24.3 Å². The normalized spacial score (nSPS) is 11.4. The molecule has 0 aliphatic heterocycles. The average molecular weight is 304 g/mol. The SMILES string of the molecule is O=C(c1ccc(F)cc1Cl)c1cnccc1C(F)(F)F. The lowest BCUT2D eigenvalue weighted by molar-refractivity contribution is -0.137. The molecule has 20 heavy (non-hydrogen) atoms. The molecule has 0 radical (unpaired) electrons. The smallest absolute Gasteiger partial charge is 0.288 e. The Morgan fingerprint density at radius 3 is 2.45 bits per heavy atom. The van der Waals surface area contributed by atoms with Crippen molar-refractivity contribution in [3.8, 4) is 0 Å². The summed E-state index contributed by atoms with van der Waals surface area (Å²) >= 11 is 5.68. The van der Waals surface area contributed by atoms with E-state index in [0.29, 0.717) is 6.07 Å². The van der Waals surface area contributed by atoms with E-state index >= 15 is 0 Å². The van der Waals surface area contributed by atoms with Crippen LogP contribution in [0.15, 0.2) is 36.7 Å². The molecule has 0 amide bonds. The highest BCUT2D eigenvalue weighted by atomic mass is 35.5. The molecule has 1 aromatic carbocycles. The molecule has 0 unspecified atom stereocenters. The van der Waals surface area contributed by atoms with Crippen LogP contribution < -0.4 is 0 Å². The summed E-state index contributed by atoms with van der Waals surface area (Å²) in [5.41, 5.74) is -1.96. The number of ketones is 1. The Morgan fingerprint density at radius 2 is 1.85 bits per heavy atom. The first-order valence-corrected chi connectivity index (χ1v) is 5.69. The van der Waals surface area contributed by atoms with Gasteiger partial charge in [0.05, 0.1) is 16.1 Å². The summed E-state index contributed by atoms with van der Waals surface area (Å²) < 4.78 is 51.3. The molecule has 0 saturated heterocycles. The zero-order chi connectivity index (χ0) is 14.9. The maximum Gasteiger partial charge on any atom is 0.417 e. The fourth-order valence-electron chi connectivity index (χ4n) is 1.64. The Kier molecular flexibility index (Phi) is 3.76. The van der Waals surface area contributed by atoms with Gasteiger partial charge in [0.15, 0.2) is 5.78 Å². The zero-order valence-electron chi connectivity index (χ0n) is 9.71. The average Bonchev–Trinajstić information content (AvgIpc) is 2.37. The topological polar surface area (TPSA) is 30.0 Å². The molecule has 1 aromatic heterocycles. The minimum Gasteiger partial charge on any atom is -0.288 e. The molecule has 0 atom stereocenters. The minimum absolute atomic E-state index is 0.216. The van der Waals surface area contributed by atoms with Gasteiger partial charge < -0.3 is 0 Å². The molecule has 0 fully saturated rings. The second-order valence-corrected chi connectivity index (χ2v) is 4.28. The molecule has 104 valence electrons. The van der Waals surface area contributed by atoms with Crippen LogP contribution in [0.3, 0.4) is 0 Å². The number of pyridine rings is 1. The molecule has 0 spiro atoms. The first-order valence-electron chi connectivity index (χ1n) is 5.31. The molecule has 2 aromatic rings. The highest BCUT2D eigenvalue weighted by Gasteiger charge is 2.35.